The number of halogens is 3. The molecular weight excluding hydrogens is 371 g/mol. The lowest BCUT2D eigenvalue weighted by atomic mass is 10.0. The number of hydrogen-bond acceptors (Lipinski definition) is 3. The summed E-state index contributed by atoms with van der Waals surface area (Å²) in [5.74, 6) is -1.17. The van der Waals surface area contributed by atoms with Gasteiger partial charge in [0, 0.05) is 6.42 Å². The normalized spacial score (nSPS) is 12.4. The van der Waals surface area contributed by atoms with Gasteiger partial charge in [0.15, 0.2) is 0 Å². The van der Waals surface area contributed by atoms with Crippen LogP contribution in [0.2, 0.25) is 0 Å². The van der Waals surface area contributed by atoms with E-state index in [1.165, 1.54) is 19.2 Å². The Bertz CT molecular complexity index is 862. The van der Waals surface area contributed by atoms with Gasteiger partial charge >= 0.3 is 12.1 Å². The molecule has 0 aromatic heterocycles. The molecule has 1 atom stereocenters. The Labute approximate surface area is 161 Å². The van der Waals surface area contributed by atoms with Crippen LogP contribution < -0.4 is 5.32 Å². The van der Waals surface area contributed by atoms with Crippen molar-refractivity contribution in [2.75, 3.05) is 7.11 Å². The first-order chi connectivity index (χ1) is 13.1. The number of ether oxygens (including phenoxy) is 1. The summed E-state index contributed by atoms with van der Waals surface area (Å²) in [7, 11) is 1.22. The number of rotatable bonds is 6. The van der Waals surface area contributed by atoms with Crippen molar-refractivity contribution in [2.45, 2.75) is 38.9 Å². The number of esters is 1. The van der Waals surface area contributed by atoms with E-state index in [1.54, 1.807) is 0 Å². The Balaban J connectivity index is 2.10. The third-order valence-electron chi connectivity index (χ3n) is 4.45. The minimum Gasteiger partial charge on any atom is -0.467 e. The lowest BCUT2D eigenvalue weighted by Gasteiger charge is -2.17. The lowest BCUT2D eigenvalue weighted by Crippen LogP contribution is -2.43. The average Bonchev–Trinajstić information content (AvgIpc) is 2.63. The first kappa shape index (κ1) is 21.5. The highest BCUT2D eigenvalue weighted by Crippen LogP contribution is 2.29. The van der Waals surface area contributed by atoms with Crippen molar-refractivity contribution >= 4 is 11.9 Å². The zero-order valence-electron chi connectivity index (χ0n) is 15.9. The molecule has 150 valence electrons. The quantitative estimate of drug-likeness (QED) is 0.761. The number of methoxy groups -OCH3 is 1. The van der Waals surface area contributed by atoms with Gasteiger partial charge in [-0.3, -0.25) is 4.79 Å². The van der Waals surface area contributed by atoms with Crippen LogP contribution in [0.5, 0.6) is 0 Å². The molecule has 0 radical (unpaired) electrons. The number of hydrogen-bond donors (Lipinski definition) is 1. The molecular formula is C21H22F3NO3. The van der Waals surface area contributed by atoms with Gasteiger partial charge < -0.3 is 10.1 Å². The molecule has 0 saturated heterocycles. The molecule has 2 aromatic carbocycles. The standard InChI is InChI=1S/C21H22F3NO3/c1-13-7-8-16(9-14(13)2)11-18(20(27)28-3)25-19(26)12-15-5-4-6-17(10-15)21(22,23)24/h4-10,18H,11-12H2,1-3H3,(H,25,26)/t18-/m0/s1. The molecule has 0 spiro atoms. The number of aryl methyl sites for hydroxylation is 2. The van der Waals surface area contributed by atoms with E-state index >= 15 is 0 Å². The summed E-state index contributed by atoms with van der Waals surface area (Å²) in [5.41, 5.74) is 2.39. The fraction of sp³-hybridized carbons (Fsp3) is 0.333. The van der Waals surface area contributed by atoms with Crippen LogP contribution in [0.3, 0.4) is 0 Å². The third kappa shape index (κ3) is 5.84. The van der Waals surface area contributed by atoms with Crippen molar-refractivity contribution in [1.29, 1.82) is 0 Å². The van der Waals surface area contributed by atoms with Gasteiger partial charge in [-0.15, -0.1) is 0 Å². The van der Waals surface area contributed by atoms with E-state index in [0.29, 0.717) is 0 Å². The lowest BCUT2D eigenvalue weighted by molar-refractivity contribution is -0.145. The van der Waals surface area contributed by atoms with Crippen LogP contribution in [0, 0.1) is 13.8 Å². The zero-order valence-corrected chi connectivity index (χ0v) is 15.9. The van der Waals surface area contributed by atoms with Crippen LogP contribution in [-0.4, -0.2) is 25.0 Å². The summed E-state index contributed by atoms with van der Waals surface area (Å²) in [6.45, 7) is 3.91. The second-order valence-corrected chi connectivity index (χ2v) is 6.64. The minimum atomic E-state index is -4.48. The van der Waals surface area contributed by atoms with Crippen molar-refractivity contribution in [3.8, 4) is 0 Å². The van der Waals surface area contributed by atoms with Gasteiger partial charge in [-0.1, -0.05) is 36.4 Å². The first-order valence-corrected chi connectivity index (χ1v) is 8.69. The molecule has 0 fully saturated rings. The minimum absolute atomic E-state index is 0.210. The molecule has 1 N–H and O–H groups in total. The smallest absolute Gasteiger partial charge is 0.416 e. The van der Waals surface area contributed by atoms with Crippen LogP contribution in [-0.2, 0) is 33.3 Å². The second-order valence-electron chi connectivity index (χ2n) is 6.64. The van der Waals surface area contributed by atoms with Crippen LogP contribution in [0.1, 0.15) is 27.8 Å². The number of benzene rings is 2. The summed E-state index contributed by atoms with van der Waals surface area (Å²) < 4.78 is 43.2. The van der Waals surface area contributed by atoms with Gasteiger partial charge in [0.1, 0.15) is 6.04 Å². The highest BCUT2D eigenvalue weighted by Gasteiger charge is 2.30. The predicted molar refractivity (Wildman–Crippen MR) is 98.7 cm³/mol. The molecule has 0 bridgehead atoms. The number of carbonyl (C=O) groups excluding carboxylic acids is 2. The van der Waals surface area contributed by atoms with Crippen molar-refractivity contribution < 1.29 is 27.5 Å². The largest absolute Gasteiger partial charge is 0.467 e. The molecule has 2 aromatic rings. The molecule has 2 rings (SSSR count). The second kappa shape index (κ2) is 8.91. The van der Waals surface area contributed by atoms with E-state index in [1.807, 2.05) is 32.0 Å². The molecule has 1 amide bonds. The molecule has 0 aliphatic heterocycles. The monoisotopic (exact) mass is 393 g/mol. The van der Waals surface area contributed by atoms with Gasteiger partial charge in [0.05, 0.1) is 19.1 Å². The van der Waals surface area contributed by atoms with E-state index in [-0.39, 0.29) is 18.4 Å². The highest BCUT2D eigenvalue weighted by atomic mass is 19.4. The van der Waals surface area contributed by atoms with Gasteiger partial charge in [-0.05, 0) is 42.2 Å². The Hall–Kier alpha value is -2.83. The summed E-state index contributed by atoms with van der Waals surface area (Å²) in [6.07, 6.45) is -4.53. The van der Waals surface area contributed by atoms with Crippen LogP contribution in [0.4, 0.5) is 13.2 Å². The molecule has 0 unspecified atom stereocenters. The number of nitrogens with one attached hydrogen (secondary N) is 1. The topological polar surface area (TPSA) is 55.4 Å². The fourth-order valence-electron chi connectivity index (χ4n) is 2.79. The van der Waals surface area contributed by atoms with Crippen molar-refractivity contribution in [3.05, 3.63) is 70.3 Å². The Kier molecular flexibility index (Phi) is 6.83. The average molecular weight is 393 g/mol. The van der Waals surface area contributed by atoms with Gasteiger partial charge in [0.25, 0.3) is 0 Å². The summed E-state index contributed by atoms with van der Waals surface area (Å²) in [5, 5.41) is 2.56. The predicted octanol–water partition coefficient (Wildman–Crippen LogP) is 3.77. The van der Waals surface area contributed by atoms with Crippen molar-refractivity contribution in [3.63, 3.8) is 0 Å². The number of amides is 1. The summed E-state index contributed by atoms with van der Waals surface area (Å²) >= 11 is 0. The Morgan fingerprint density at radius 1 is 1.04 bits per heavy atom. The van der Waals surface area contributed by atoms with Gasteiger partial charge in [-0.2, -0.15) is 13.2 Å². The molecule has 4 nitrogen and oxygen atoms in total. The van der Waals surface area contributed by atoms with Gasteiger partial charge in [0.2, 0.25) is 5.91 Å². The summed E-state index contributed by atoms with van der Waals surface area (Å²) in [4.78, 5) is 24.4. The molecule has 28 heavy (non-hydrogen) atoms. The fourth-order valence-corrected chi connectivity index (χ4v) is 2.79. The molecule has 0 heterocycles. The Morgan fingerprint density at radius 2 is 1.75 bits per heavy atom. The third-order valence-corrected chi connectivity index (χ3v) is 4.45. The summed E-state index contributed by atoms with van der Waals surface area (Å²) in [6, 6.07) is 9.33. The molecule has 7 heteroatoms. The number of alkyl halides is 3. The molecule has 0 aliphatic carbocycles. The van der Waals surface area contributed by atoms with E-state index in [2.05, 4.69) is 5.32 Å². The van der Waals surface area contributed by atoms with Crippen molar-refractivity contribution in [1.82, 2.24) is 5.32 Å². The van der Waals surface area contributed by atoms with E-state index < -0.39 is 29.7 Å². The maximum Gasteiger partial charge on any atom is 0.416 e. The van der Waals surface area contributed by atoms with E-state index in [4.69, 9.17) is 4.74 Å². The van der Waals surface area contributed by atoms with Crippen LogP contribution in [0.25, 0.3) is 0 Å². The van der Waals surface area contributed by atoms with E-state index in [9.17, 15) is 22.8 Å². The van der Waals surface area contributed by atoms with E-state index in [0.717, 1.165) is 28.8 Å². The Morgan fingerprint density at radius 3 is 2.36 bits per heavy atom. The number of carbonyl (C=O) groups is 2. The highest BCUT2D eigenvalue weighted by molar-refractivity contribution is 5.85. The zero-order chi connectivity index (χ0) is 20.9. The maximum atomic E-state index is 12.8. The molecule has 0 aliphatic rings. The van der Waals surface area contributed by atoms with Crippen LogP contribution >= 0.6 is 0 Å². The maximum absolute atomic E-state index is 12.8. The SMILES string of the molecule is COC(=O)[C@H](Cc1ccc(C)c(C)c1)NC(=O)Cc1cccc(C(F)(F)F)c1. The van der Waals surface area contributed by atoms with Gasteiger partial charge in [-0.25, -0.2) is 4.79 Å². The van der Waals surface area contributed by atoms with Crippen molar-refractivity contribution in [2.24, 2.45) is 0 Å². The molecule has 0 saturated carbocycles. The first-order valence-electron chi connectivity index (χ1n) is 8.69. The van der Waals surface area contributed by atoms with Crippen LogP contribution in [0.15, 0.2) is 42.5 Å².